The summed E-state index contributed by atoms with van der Waals surface area (Å²) in [6.07, 6.45) is 16.7. The fraction of sp³-hybridized carbons (Fsp3) is 0.200. The smallest absolute Gasteiger partial charge is 0.0625 e. The Labute approximate surface area is 172 Å². The van der Waals surface area contributed by atoms with Crippen LogP contribution >= 0.6 is 11.6 Å². The van der Waals surface area contributed by atoms with Gasteiger partial charge in [0.05, 0.1) is 16.9 Å². The van der Waals surface area contributed by atoms with Crippen molar-refractivity contribution in [2.45, 2.75) is 25.3 Å². The van der Waals surface area contributed by atoms with Crippen molar-refractivity contribution in [3.63, 3.8) is 0 Å². The minimum atomic E-state index is -0.373. The molecule has 0 amide bonds. The predicted molar refractivity (Wildman–Crippen MR) is 120 cm³/mol. The van der Waals surface area contributed by atoms with Gasteiger partial charge in [-0.15, -0.1) is 6.58 Å². The largest absolute Gasteiger partial charge is 0.383 e. The summed E-state index contributed by atoms with van der Waals surface area (Å²) < 4.78 is 0. The van der Waals surface area contributed by atoms with Crippen molar-refractivity contribution in [2.75, 3.05) is 0 Å². The topological polar surface area (TPSA) is 27.8 Å². The van der Waals surface area contributed by atoms with Crippen LogP contribution in [-0.4, -0.2) is 11.0 Å². The average Bonchev–Trinajstić information content (AvgIpc) is 2.96. The van der Waals surface area contributed by atoms with E-state index in [2.05, 4.69) is 72.3 Å². The van der Waals surface area contributed by atoms with Crippen LogP contribution in [0.5, 0.6) is 0 Å². The van der Waals surface area contributed by atoms with E-state index in [0.29, 0.717) is 0 Å². The summed E-state index contributed by atoms with van der Waals surface area (Å²) in [4.78, 5) is 3.44. The van der Waals surface area contributed by atoms with E-state index < -0.39 is 0 Å². The maximum atomic E-state index is 6.77. The Balaban J connectivity index is 2.07. The molecule has 0 spiro atoms. The molecule has 3 unspecified atom stereocenters. The quantitative estimate of drug-likeness (QED) is 0.562. The molecule has 1 aliphatic heterocycles. The van der Waals surface area contributed by atoms with Gasteiger partial charge in [0.25, 0.3) is 0 Å². The van der Waals surface area contributed by atoms with E-state index in [0.717, 1.165) is 21.8 Å². The fourth-order valence-corrected chi connectivity index (χ4v) is 5.40. The molecule has 0 radical (unpaired) electrons. The zero-order chi connectivity index (χ0) is 19.9. The van der Waals surface area contributed by atoms with Crippen LogP contribution < -0.4 is 5.32 Å². The number of allylic oxidation sites excluding steroid dienone is 2. The molecule has 2 heterocycles. The molecule has 142 valence electrons. The molecule has 2 aliphatic rings. The number of fused-ring (bicyclic) bond motifs is 1. The van der Waals surface area contributed by atoms with Gasteiger partial charge >= 0.3 is 0 Å². The second-order valence-corrected chi connectivity index (χ2v) is 7.67. The Morgan fingerprint density at radius 2 is 1.89 bits per heavy atom. The Bertz CT molecular complexity index is 1040. The number of H-pyrrole nitrogens is 1. The van der Waals surface area contributed by atoms with Crippen molar-refractivity contribution in [3.8, 4) is 0 Å². The van der Waals surface area contributed by atoms with Gasteiger partial charge in [0.1, 0.15) is 0 Å². The van der Waals surface area contributed by atoms with Crippen LogP contribution in [0, 0.1) is 5.41 Å². The predicted octanol–water partition coefficient (Wildman–Crippen LogP) is 6.25. The number of hydrogen-bond acceptors (Lipinski definition) is 1. The molecule has 28 heavy (non-hydrogen) atoms. The first-order valence-corrected chi connectivity index (χ1v) is 9.96. The van der Waals surface area contributed by atoms with Gasteiger partial charge < -0.3 is 10.3 Å². The Hall–Kier alpha value is -2.71. The number of aromatic amines is 1. The zero-order valence-electron chi connectivity index (χ0n) is 16.3. The van der Waals surface area contributed by atoms with E-state index in [1.165, 1.54) is 11.1 Å². The second kappa shape index (κ2) is 6.72. The molecule has 3 atom stereocenters. The maximum absolute atomic E-state index is 6.77. The Morgan fingerprint density at radius 1 is 1.11 bits per heavy atom. The molecule has 1 fully saturated rings. The number of aromatic nitrogens is 1. The zero-order valence-corrected chi connectivity index (χ0v) is 17.1. The number of benzene rings is 1. The van der Waals surface area contributed by atoms with Crippen LogP contribution in [0.3, 0.4) is 0 Å². The van der Waals surface area contributed by atoms with E-state index in [1.807, 2.05) is 38.1 Å². The number of rotatable bonds is 6. The van der Waals surface area contributed by atoms with Gasteiger partial charge in [0.2, 0.25) is 0 Å². The first-order valence-electron chi connectivity index (χ1n) is 9.59. The Kier molecular flexibility index (Phi) is 4.47. The SMILES string of the molecule is C=Cc1c(C2(c3ccccc3Cl)C3=CNC(/C=C\C)C32C=C)c[nH]c1/C=C\C. The summed E-state index contributed by atoms with van der Waals surface area (Å²) in [5.41, 5.74) is 5.10. The third-order valence-electron chi connectivity index (χ3n) is 6.18. The van der Waals surface area contributed by atoms with E-state index in [1.54, 1.807) is 0 Å². The van der Waals surface area contributed by atoms with Crippen molar-refractivity contribution in [3.05, 3.63) is 107 Å². The summed E-state index contributed by atoms with van der Waals surface area (Å²) >= 11 is 6.77. The normalized spacial score (nSPS) is 28.2. The first kappa shape index (κ1) is 18.6. The van der Waals surface area contributed by atoms with Crippen LogP contribution in [0.25, 0.3) is 12.2 Å². The molecule has 2 N–H and O–H groups in total. The molecular formula is C25H25ClN2. The summed E-state index contributed by atoms with van der Waals surface area (Å²) in [6.45, 7) is 12.4. The summed E-state index contributed by atoms with van der Waals surface area (Å²) in [5.74, 6) is 0. The second-order valence-electron chi connectivity index (χ2n) is 7.26. The van der Waals surface area contributed by atoms with E-state index in [9.17, 15) is 0 Å². The van der Waals surface area contributed by atoms with Gasteiger partial charge in [-0.1, -0.05) is 66.8 Å². The lowest BCUT2D eigenvalue weighted by Gasteiger charge is -2.30. The lowest BCUT2D eigenvalue weighted by Crippen LogP contribution is -2.36. The van der Waals surface area contributed by atoms with Crippen molar-refractivity contribution in [2.24, 2.45) is 5.41 Å². The minimum Gasteiger partial charge on any atom is -0.383 e. The highest BCUT2D eigenvalue weighted by Crippen LogP contribution is 2.77. The number of hydrogen-bond donors (Lipinski definition) is 2. The average molecular weight is 389 g/mol. The van der Waals surface area contributed by atoms with E-state index in [-0.39, 0.29) is 16.9 Å². The summed E-state index contributed by atoms with van der Waals surface area (Å²) in [5, 5.41) is 4.28. The summed E-state index contributed by atoms with van der Waals surface area (Å²) in [6, 6.07) is 8.26. The van der Waals surface area contributed by atoms with Gasteiger partial charge in [-0.2, -0.15) is 0 Å². The molecule has 2 nitrogen and oxygen atoms in total. The highest BCUT2D eigenvalue weighted by atomic mass is 35.5. The van der Waals surface area contributed by atoms with Gasteiger partial charge in [0.15, 0.2) is 0 Å². The lowest BCUT2D eigenvalue weighted by atomic mass is 9.75. The van der Waals surface area contributed by atoms with Crippen molar-refractivity contribution in [1.29, 1.82) is 0 Å². The van der Waals surface area contributed by atoms with Crippen LogP contribution in [0.15, 0.2) is 79.7 Å². The maximum Gasteiger partial charge on any atom is 0.0625 e. The van der Waals surface area contributed by atoms with Gasteiger partial charge in [-0.25, -0.2) is 0 Å². The van der Waals surface area contributed by atoms with Gasteiger partial charge in [0, 0.05) is 22.5 Å². The standard InChI is InChI=1S/C25H25ClN2/c1-5-11-21-17(7-3)19(15-27-21)25(18-13-9-10-14-20(18)26)22-16-28-23(12-6-2)24(22,25)8-4/h5-16,23,27-28H,3-4H2,1-2H3/b11-5-,12-6-. The number of nitrogens with one attached hydrogen (secondary N) is 2. The molecule has 1 saturated carbocycles. The van der Waals surface area contributed by atoms with Crippen molar-refractivity contribution in [1.82, 2.24) is 10.3 Å². The molecule has 1 aromatic carbocycles. The van der Waals surface area contributed by atoms with E-state index in [4.69, 9.17) is 11.6 Å². The highest BCUT2D eigenvalue weighted by molar-refractivity contribution is 6.31. The third-order valence-corrected chi connectivity index (χ3v) is 6.51. The molecular weight excluding hydrogens is 364 g/mol. The van der Waals surface area contributed by atoms with Crippen molar-refractivity contribution >= 4 is 23.8 Å². The monoisotopic (exact) mass is 388 g/mol. The van der Waals surface area contributed by atoms with Crippen LogP contribution in [-0.2, 0) is 5.41 Å². The molecule has 1 aliphatic carbocycles. The van der Waals surface area contributed by atoms with Gasteiger partial charge in [-0.05, 0) is 48.9 Å². The Morgan fingerprint density at radius 3 is 2.54 bits per heavy atom. The molecule has 3 heteroatoms. The van der Waals surface area contributed by atoms with Crippen LogP contribution in [0.2, 0.25) is 5.02 Å². The number of halogens is 1. The fourth-order valence-electron chi connectivity index (χ4n) is 5.12. The van der Waals surface area contributed by atoms with Crippen molar-refractivity contribution < 1.29 is 0 Å². The third kappa shape index (κ3) is 2.10. The molecule has 2 aromatic rings. The lowest BCUT2D eigenvalue weighted by molar-refractivity contribution is 0.473. The molecule has 0 bridgehead atoms. The minimum absolute atomic E-state index is 0.124. The van der Waals surface area contributed by atoms with Crippen LogP contribution in [0.4, 0.5) is 0 Å². The molecule has 4 rings (SSSR count). The first-order chi connectivity index (χ1) is 13.6. The van der Waals surface area contributed by atoms with E-state index >= 15 is 0 Å². The highest BCUT2D eigenvalue weighted by Gasteiger charge is 2.78. The van der Waals surface area contributed by atoms with Crippen LogP contribution in [0.1, 0.15) is 36.2 Å². The van der Waals surface area contributed by atoms with Gasteiger partial charge in [-0.3, -0.25) is 0 Å². The molecule has 1 aromatic heterocycles. The molecule has 0 saturated heterocycles. The summed E-state index contributed by atoms with van der Waals surface area (Å²) in [7, 11) is 0.